The molecule has 0 aliphatic rings. The SMILES string of the molecule is COC(=O)[C@H](NS(=O)(=O)c1ccc2oc3cc([N+](=O)[O-])ccc3c2c1)C(C)C.O=[N+]([O-])c1ccc2c(c1)oc1ccc(S(=O)(=O)Cl)cc12. The first-order valence-electron chi connectivity index (χ1n) is 13.8. The van der Waals surface area contributed by atoms with E-state index in [0.29, 0.717) is 38.3 Å². The smallest absolute Gasteiger partial charge is 0.324 e. The molecule has 0 fully saturated rings. The number of furan rings is 2. The standard InChI is InChI=1S/C18H18N2O7S.C12H6ClNO5S/c1-10(2)17(18(21)26-3)19-28(24,25)12-5-7-15-14(9-12)13-6-4-11(20(22)23)8-16(13)27-15;13-20(17,18)8-2-4-11-10(6-8)9-3-1-7(14(15)16)5-12(9)19-11/h4-10,17,19H,1-3H3;1-6H/t17-;/m1./s1. The maximum Gasteiger partial charge on any atom is 0.324 e. The van der Waals surface area contributed by atoms with Gasteiger partial charge in [0.25, 0.3) is 20.4 Å². The van der Waals surface area contributed by atoms with Crippen molar-refractivity contribution in [3.05, 3.63) is 93.0 Å². The lowest BCUT2D eigenvalue weighted by atomic mass is 10.1. The van der Waals surface area contributed by atoms with Crippen molar-refractivity contribution in [2.45, 2.75) is 29.7 Å². The highest BCUT2D eigenvalue weighted by Gasteiger charge is 2.29. The number of ether oxygens (including phenoxy) is 1. The Balaban J connectivity index is 0.000000198. The molecule has 0 radical (unpaired) electrons. The van der Waals surface area contributed by atoms with E-state index in [4.69, 9.17) is 19.5 Å². The molecule has 15 nitrogen and oxygen atoms in total. The molecular formula is C30H24ClN3O12S2. The Morgan fingerprint density at radius 3 is 1.60 bits per heavy atom. The number of benzene rings is 4. The number of nitrogens with zero attached hydrogens (tertiary/aromatic N) is 2. The van der Waals surface area contributed by atoms with Crippen LogP contribution in [-0.4, -0.2) is 45.8 Å². The molecule has 0 saturated carbocycles. The zero-order chi connectivity index (χ0) is 35.1. The summed E-state index contributed by atoms with van der Waals surface area (Å²) in [5.41, 5.74) is 1.20. The summed E-state index contributed by atoms with van der Waals surface area (Å²) in [4.78, 5) is 32.3. The van der Waals surface area contributed by atoms with E-state index in [1.54, 1.807) is 13.8 Å². The van der Waals surface area contributed by atoms with Crippen LogP contribution in [0.2, 0.25) is 0 Å². The van der Waals surface area contributed by atoms with Crippen LogP contribution in [0.1, 0.15) is 13.8 Å². The van der Waals surface area contributed by atoms with Gasteiger partial charge in [0.05, 0.1) is 38.9 Å². The average molecular weight is 718 g/mol. The highest BCUT2D eigenvalue weighted by Crippen LogP contribution is 2.34. The first-order chi connectivity index (χ1) is 22.5. The van der Waals surface area contributed by atoms with Gasteiger partial charge >= 0.3 is 5.97 Å². The number of carbonyl (C=O) groups excluding carboxylic acids is 1. The summed E-state index contributed by atoms with van der Waals surface area (Å²) in [6.07, 6.45) is 0. The number of nitro groups is 2. The number of hydrogen-bond acceptors (Lipinski definition) is 12. The van der Waals surface area contributed by atoms with Crippen molar-refractivity contribution in [3.8, 4) is 0 Å². The van der Waals surface area contributed by atoms with E-state index >= 15 is 0 Å². The lowest BCUT2D eigenvalue weighted by Gasteiger charge is -2.19. The molecule has 48 heavy (non-hydrogen) atoms. The van der Waals surface area contributed by atoms with Gasteiger partial charge in [-0.05, 0) is 54.4 Å². The van der Waals surface area contributed by atoms with Gasteiger partial charge in [0, 0.05) is 44.4 Å². The summed E-state index contributed by atoms with van der Waals surface area (Å²) >= 11 is 0. The molecule has 0 aliphatic heterocycles. The van der Waals surface area contributed by atoms with Crippen LogP contribution in [0.25, 0.3) is 43.9 Å². The van der Waals surface area contributed by atoms with Gasteiger partial charge in [-0.1, -0.05) is 13.8 Å². The second-order valence-electron chi connectivity index (χ2n) is 10.7. The number of nitrogens with one attached hydrogen (secondary N) is 1. The Bertz CT molecular complexity index is 2490. The summed E-state index contributed by atoms with van der Waals surface area (Å²) in [5, 5.41) is 23.8. The number of esters is 1. The second kappa shape index (κ2) is 12.8. The summed E-state index contributed by atoms with van der Waals surface area (Å²) in [6.45, 7) is 3.40. The number of nitro benzene ring substituents is 2. The summed E-state index contributed by atoms with van der Waals surface area (Å²) in [7, 11) is -1.37. The van der Waals surface area contributed by atoms with E-state index in [2.05, 4.69) is 9.46 Å². The van der Waals surface area contributed by atoms with Crippen LogP contribution in [0.5, 0.6) is 0 Å². The van der Waals surface area contributed by atoms with Gasteiger partial charge in [0.15, 0.2) is 0 Å². The van der Waals surface area contributed by atoms with Gasteiger partial charge in [-0.15, -0.1) is 0 Å². The monoisotopic (exact) mass is 717 g/mol. The van der Waals surface area contributed by atoms with E-state index < -0.39 is 40.9 Å². The molecule has 1 atom stereocenters. The molecule has 1 N–H and O–H groups in total. The fourth-order valence-electron chi connectivity index (χ4n) is 4.85. The van der Waals surface area contributed by atoms with Crippen molar-refractivity contribution < 1.29 is 45.0 Å². The number of carbonyl (C=O) groups is 1. The first-order valence-corrected chi connectivity index (χ1v) is 17.6. The zero-order valence-electron chi connectivity index (χ0n) is 25.1. The Morgan fingerprint density at radius 2 is 1.19 bits per heavy atom. The van der Waals surface area contributed by atoms with Gasteiger partial charge in [-0.2, -0.15) is 4.72 Å². The van der Waals surface area contributed by atoms with Gasteiger partial charge in [0.2, 0.25) is 10.0 Å². The molecule has 18 heteroatoms. The molecule has 0 unspecified atom stereocenters. The number of halogens is 1. The molecule has 0 spiro atoms. The maximum absolute atomic E-state index is 12.8. The van der Waals surface area contributed by atoms with E-state index in [1.165, 1.54) is 79.9 Å². The van der Waals surface area contributed by atoms with E-state index in [1.807, 2.05) is 0 Å². The molecule has 0 bridgehead atoms. The van der Waals surface area contributed by atoms with Crippen molar-refractivity contribution in [2.24, 2.45) is 5.92 Å². The quantitative estimate of drug-likeness (QED) is 0.0783. The number of rotatable bonds is 8. The Labute approximate surface area is 275 Å². The van der Waals surface area contributed by atoms with Crippen LogP contribution in [-0.2, 0) is 28.6 Å². The number of hydrogen-bond donors (Lipinski definition) is 1. The summed E-state index contributed by atoms with van der Waals surface area (Å²) in [5.74, 6) is -0.998. The van der Waals surface area contributed by atoms with Crippen LogP contribution in [0, 0.1) is 26.1 Å². The largest absolute Gasteiger partial charge is 0.468 e. The van der Waals surface area contributed by atoms with Crippen LogP contribution in [0.15, 0.2) is 91.4 Å². The summed E-state index contributed by atoms with van der Waals surface area (Å²) < 4.78 is 66.3. The van der Waals surface area contributed by atoms with Gasteiger partial charge in [-0.25, -0.2) is 16.8 Å². The van der Waals surface area contributed by atoms with E-state index in [-0.39, 0.29) is 32.7 Å². The molecular weight excluding hydrogens is 694 g/mol. The van der Waals surface area contributed by atoms with Gasteiger partial charge in [0.1, 0.15) is 28.4 Å². The zero-order valence-corrected chi connectivity index (χ0v) is 27.5. The predicted molar refractivity (Wildman–Crippen MR) is 175 cm³/mol. The van der Waals surface area contributed by atoms with Crippen LogP contribution in [0.4, 0.5) is 11.4 Å². The van der Waals surface area contributed by atoms with Crippen molar-refractivity contribution in [2.75, 3.05) is 7.11 Å². The van der Waals surface area contributed by atoms with Gasteiger partial charge < -0.3 is 13.6 Å². The lowest BCUT2D eigenvalue weighted by molar-refractivity contribution is -0.384. The minimum atomic E-state index is -4.02. The van der Waals surface area contributed by atoms with Crippen molar-refractivity contribution in [1.82, 2.24) is 4.72 Å². The normalized spacial score (nSPS) is 12.7. The fourth-order valence-corrected chi connectivity index (χ4v) is 6.99. The third-order valence-electron chi connectivity index (χ3n) is 7.27. The predicted octanol–water partition coefficient (Wildman–Crippen LogP) is 6.39. The third-order valence-corrected chi connectivity index (χ3v) is 10.1. The minimum absolute atomic E-state index is 0.0484. The topological polar surface area (TPSA) is 219 Å². The molecule has 0 aliphatic carbocycles. The highest BCUT2D eigenvalue weighted by molar-refractivity contribution is 8.13. The van der Waals surface area contributed by atoms with Crippen LogP contribution < -0.4 is 4.72 Å². The van der Waals surface area contributed by atoms with Crippen LogP contribution >= 0.6 is 10.7 Å². The molecule has 2 aromatic heterocycles. The van der Waals surface area contributed by atoms with Crippen LogP contribution in [0.3, 0.4) is 0 Å². The summed E-state index contributed by atoms with van der Waals surface area (Å²) in [6, 6.07) is 15.6. The van der Waals surface area contributed by atoms with Crippen molar-refractivity contribution in [1.29, 1.82) is 0 Å². The Kier molecular flexibility index (Phi) is 9.16. The van der Waals surface area contributed by atoms with Gasteiger partial charge in [-0.3, -0.25) is 25.0 Å². The van der Waals surface area contributed by atoms with E-state index in [9.17, 15) is 41.9 Å². The Morgan fingerprint density at radius 1 is 0.729 bits per heavy atom. The molecule has 250 valence electrons. The fraction of sp³-hybridized carbons (Fsp3) is 0.167. The Hall–Kier alpha value is -5.10. The highest BCUT2D eigenvalue weighted by atomic mass is 35.7. The first kappa shape index (κ1) is 34.2. The number of fused-ring (bicyclic) bond motifs is 6. The third kappa shape index (κ3) is 6.79. The lowest BCUT2D eigenvalue weighted by Crippen LogP contribution is -2.44. The minimum Gasteiger partial charge on any atom is -0.468 e. The van der Waals surface area contributed by atoms with E-state index in [0.717, 1.165) is 0 Å². The molecule has 0 amide bonds. The number of sulfonamides is 1. The molecule has 6 aromatic rings. The second-order valence-corrected chi connectivity index (χ2v) is 15.0. The molecule has 0 saturated heterocycles. The number of non-ortho nitro benzene ring substituents is 2. The van der Waals surface area contributed by atoms with Crippen molar-refractivity contribution >= 4 is 91.0 Å². The molecule has 2 heterocycles. The molecule has 4 aromatic carbocycles. The number of methoxy groups -OCH3 is 1. The maximum atomic E-state index is 12.8. The average Bonchev–Trinajstić information content (AvgIpc) is 3.59. The molecule has 6 rings (SSSR count). The van der Waals surface area contributed by atoms with Crippen molar-refractivity contribution in [3.63, 3.8) is 0 Å².